The van der Waals surface area contributed by atoms with Crippen LogP contribution in [0.2, 0.25) is 0 Å². The number of hydrogen-bond donors (Lipinski definition) is 0. The minimum absolute atomic E-state index is 0.0879. The standard InChI is InChI=1S/C9H7BrN2O3S/c1-15-9(14)6-7(10)12-8-5(11-6)2-4(13)3-16-8/h2-3H2,1H3. The lowest BCUT2D eigenvalue weighted by Crippen LogP contribution is -2.18. The Balaban J connectivity index is 2.46. The quantitative estimate of drug-likeness (QED) is 0.727. The second-order valence-electron chi connectivity index (χ2n) is 3.11. The molecule has 1 aromatic rings. The van der Waals surface area contributed by atoms with Crippen LogP contribution in [0.15, 0.2) is 9.63 Å². The van der Waals surface area contributed by atoms with Crippen molar-refractivity contribution in [2.75, 3.05) is 12.9 Å². The third-order valence-electron chi connectivity index (χ3n) is 2.00. The van der Waals surface area contributed by atoms with Crippen LogP contribution in [-0.2, 0) is 16.0 Å². The molecular weight excluding hydrogens is 296 g/mol. The van der Waals surface area contributed by atoms with Crippen LogP contribution in [0, 0.1) is 0 Å². The van der Waals surface area contributed by atoms with E-state index in [0.29, 0.717) is 21.1 Å². The lowest BCUT2D eigenvalue weighted by atomic mass is 10.2. The minimum atomic E-state index is -0.565. The molecule has 0 spiro atoms. The zero-order chi connectivity index (χ0) is 11.7. The molecule has 0 saturated heterocycles. The van der Waals surface area contributed by atoms with Gasteiger partial charge in [0, 0.05) is 0 Å². The Kier molecular flexibility index (Phi) is 3.25. The fourth-order valence-corrected chi connectivity index (χ4v) is 2.66. The van der Waals surface area contributed by atoms with Gasteiger partial charge >= 0.3 is 5.97 Å². The number of nitrogens with zero attached hydrogens (tertiary/aromatic N) is 2. The van der Waals surface area contributed by atoms with Gasteiger partial charge in [-0.3, -0.25) is 4.79 Å². The maximum Gasteiger partial charge on any atom is 0.359 e. The molecule has 2 heterocycles. The van der Waals surface area contributed by atoms with Gasteiger partial charge in [-0.25, -0.2) is 14.8 Å². The van der Waals surface area contributed by atoms with E-state index < -0.39 is 5.97 Å². The van der Waals surface area contributed by atoms with Crippen LogP contribution in [0.1, 0.15) is 16.2 Å². The third kappa shape index (κ3) is 2.10. The van der Waals surface area contributed by atoms with E-state index in [2.05, 4.69) is 30.6 Å². The van der Waals surface area contributed by atoms with Gasteiger partial charge in [0.2, 0.25) is 0 Å². The molecule has 0 radical (unpaired) electrons. The number of rotatable bonds is 1. The van der Waals surface area contributed by atoms with E-state index in [1.54, 1.807) is 0 Å². The second kappa shape index (κ2) is 4.50. The Labute approximate surface area is 104 Å². The van der Waals surface area contributed by atoms with Crippen molar-refractivity contribution in [1.82, 2.24) is 9.97 Å². The van der Waals surface area contributed by atoms with E-state index in [9.17, 15) is 9.59 Å². The molecule has 0 unspecified atom stereocenters. The number of fused-ring (bicyclic) bond motifs is 1. The fraction of sp³-hybridized carbons (Fsp3) is 0.333. The molecule has 0 aromatic carbocycles. The molecule has 16 heavy (non-hydrogen) atoms. The number of methoxy groups -OCH3 is 1. The number of ketones is 1. The smallest absolute Gasteiger partial charge is 0.359 e. The molecule has 0 saturated carbocycles. The normalized spacial score (nSPS) is 14.5. The molecule has 0 fully saturated rings. The highest BCUT2D eigenvalue weighted by Gasteiger charge is 2.23. The van der Waals surface area contributed by atoms with E-state index >= 15 is 0 Å². The Hall–Kier alpha value is -0.950. The second-order valence-corrected chi connectivity index (χ2v) is 4.83. The molecule has 7 heteroatoms. The number of thioether (sulfide) groups is 1. The summed E-state index contributed by atoms with van der Waals surface area (Å²) in [5.41, 5.74) is 0.654. The van der Waals surface area contributed by atoms with Gasteiger partial charge in [0.15, 0.2) is 5.69 Å². The van der Waals surface area contributed by atoms with Crippen molar-refractivity contribution in [2.24, 2.45) is 0 Å². The average molecular weight is 303 g/mol. The highest BCUT2D eigenvalue weighted by Crippen LogP contribution is 2.28. The van der Waals surface area contributed by atoms with Crippen LogP contribution in [0.25, 0.3) is 0 Å². The number of carbonyl (C=O) groups excluding carboxylic acids is 2. The average Bonchev–Trinajstić information content (AvgIpc) is 2.28. The van der Waals surface area contributed by atoms with E-state index in [-0.39, 0.29) is 17.9 Å². The number of Topliss-reactive ketones (excluding diaryl/α,β-unsaturated/α-hetero) is 1. The van der Waals surface area contributed by atoms with Crippen LogP contribution < -0.4 is 0 Å². The molecule has 0 aliphatic carbocycles. The largest absolute Gasteiger partial charge is 0.464 e. The zero-order valence-corrected chi connectivity index (χ0v) is 10.7. The summed E-state index contributed by atoms with van der Waals surface area (Å²) in [7, 11) is 1.27. The lowest BCUT2D eigenvalue weighted by Gasteiger charge is -2.13. The maximum atomic E-state index is 11.4. The minimum Gasteiger partial charge on any atom is -0.464 e. The van der Waals surface area contributed by atoms with Gasteiger partial charge in [-0.2, -0.15) is 0 Å². The van der Waals surface area contributed by atoms with Gasteiger partial charge < -0.3 is 4.74 Å². The van der Waals surface area contributed by atoms with Crippen molar-refractivity contribution in [3.63, 3.8) is 0 Å². The molecule has 0 bridgehead atoms. The Morgan fingerprint density at radius 1 is 1.50 bits per heavy atom. The number of hydrogen-bond acceptors (Lipinski definition) is 6. The molecular formula is C9H7BrN2O3S. The Morgan fingerprint density at radius 3 is 2.94 bits per heavy atom. The van der Waals surface area contributed by atoms with Crippen molar-refractivity contribution in [3.05, 3.63) is 16.0 Å². The highest BCUT2D eigenvalue weighted by atomic mass is 79.9. The van der Waals surface area contributed by atoms with E-state index in [1.165, 1.54) is 18.9 Å². The summed E-state index contributed by atoms with van der Waals surface area (Å²) < 4.78 is 4.92. The van der Waals surface area contributed by atoms with Crippen molar-refractivity contribution in [1.29, 1.82) is 0 Å². The SMILES string of the molecule is COC(=O)c1nc2c(nc1Br)SCC(=O)C2. The Morgan fingerprint density at radius 2 is 2.25 bits per heavy atom. The topological polar surface area (TPSA) is 69.2 Å². The van der Waals surface area contributed by atoms with E-state index in [1.807, 2.05) is 0 Å². The van der Waals surface area contributed by atoms with E-state index in [4.69, 9.17) is 0 Å². The molecule has 2 rings (SSSR count). The zero-order valence-electron chi connectivity index (χ0n) is 8.32. The fourth-order valence-electron chi connectivity index (χ4n) is 1.28. The first-order chi connectivity index (χ1) is 7.61. The molecule has 1 aliphatic heterocycles. The number of esters is 1. The first kappa shape index (κ1) is 11.5. The lowest BCUT2D eigenvalue weighted by molar-refractivity contribution is -0.116. The summed E-state index contributed by atoms with van der Waals surface area (Å²) in [4.78, 5) is 30.9. The first-order valence-corrected chi connectivity index (χ1v) is 6.19. The van der Waals surface area contributed by atoms with Gasteiger partial charge in [0.25, 0.3) is 0 Å². The van der Waals surface area contributed by atoms with Gasteiger partial charge in [-0.05, 0) is 15.9 Å². The number of aromatic nitrogens is 2. The maximum absolute atomic E-state index is 11.4. The van der Waals surface area contributed by atoms with Gasteiger partial charge in [0.05, 0.1) is 25.0 Å². The third-order valence-corrected chi connectivity index (χ3v) is 3.62. The van der Waals surface area contributed by atoms with Gasteiger partial charge in [0.1, 0.15) is 15.4 Å². The van der Waals surface area contributed by atoms with Crippen LogP contribution in [-0.4, -0.2) is 34.6 Å². The highest BCUT2D eigenvalue weighted by molar-refractivity contribution is 9.10. The van der Waals surface area contributed by atoms with Crippen molar-refractivity contribution in [2.45, 2.75) is 11.4 Å². The predicted molar refractivity (Wildman–Crippen MR) is 60.5 cm³/mol. The van der Waals surface area contributed by atoms with Gasteiger partial charge in [-0.15, -0.1) is 0 Å². The van der Waals surface area contributed by atoms with Crippen molar-refractivity contribution >= 4 is 39.4 Å². The molecule has 0 atom stereocenters. The summed E-state index contributed by atoms with van der Waals surface area (Å²) in [6, 6.07) is 0. The summed E-state index contributed by atoms with van der Waals surface area (Å²) in [6.45, 7) is 0. The molecule has 0 N–H and O–H groups in total. The summed E-state index contributed by atoms with van der Waals surface area (Å²) in [6.07, 6.45) is 0.229. The molecule has 0 amide bonds. The number of ether oxygens (including phenoxy) is 1. The van der Waals surface area contributed by atoms with Crippen molar-refractivity contribution in [3.8, 4) is 0 Å². The summed E-state index contributed by atoms with van der Waals surface area (Å²) in [5, 5.41) is 0.694. The molecule has 1 aromatic heterocycles. The first-order valence-electron chi connectivity index (χ1n) is 4.41. The van der Waals surface area contributed by atoms with Crippen LogP contribution in [0.5, 0.6) is 0 Å². The monoisotopic (exact) mass is 302 g/mol. The van der Waals surface area contributed by atoms with Crippen LogP contribution >= 0.6 is 27.7 Å². The number of halogens is 1. The van der Waals surface area contributed by atoms with Crippen LogP contribution in [0.3, 0.4) is 0 Å². The van der Waals surface area contributed by atoms with Crippen LogP contribution in [0.4, 0.5) is 0 Å². The predicted octanol–water partition coefficient (Wildman–Crippen LogP) is 1.24. The Bertz CT molecular complexity index is 478. The van der Waals surface area contributed by atoms with E-state index in [0.717, 1.165) is 0 Å². The summed E-state index contributed by atoms with van der Waals surface area (Å²) in [5.74, 6) is -0.0683. The van der Waals surface area contributed by atoms with Gasteiger partial charge in [-0.1, -0.05) is 11.8 Å². The number of carbonyl (C=O) groups is 2. The molecule has 5 nitrogen and oxygen atoms in total. The van der Waals surface area contributed by atoms with Crippen molar-refractivity contribution < 1.29 is 14.3 Å². The summed E-state index contributed by atoms with van der Waals surface area (Å²) >= 11 is 4.49. The molecule has 84 valence electrons. The molecule has 1 aliphatic rings.